The van der Waals surface area contributed by atoms with Gasteiger partial charge in [0.1, 0.15) is 12.1 Å². The molecular formula is C32H58N2O7. The first-order chi connectivity index (χ1) is 19.8. The summed E-state index contributed by atoms with van der Waals surface area (Å²) in [5.74, 6) is -2.41. The lowest BCUT2D eigenvalue weighted by Crippen LogP contribution is -2.47. The second kappa shape index (κ2) is 27.7. The van der Waals surface area contributed by atoms with E-state index >= 15 is 0 Å². The molecule has 0 aromatic carbocycles. The van der Waals surface area contributed by atoms with Crippen LogP contribution in [-0.2, 0) is 23.9 Å². The standard InChI is InChI=1S/C32H58N2O7/c1-3-5-7-8-9-10-11-12-13-14-15-20-24-31(38)41-27(21-17-6-4-2)22-18-16-19-23-29(36)33-25-30(37)34-28(26-35)32(39)40/h9-10,27-28,35H,3-8,11-26H2,1-2H3,(H,33,36)(H,34,37)(H,39,40)/b10-9-. The number of aliphatic carboxylic acids is 1. The Morgan fingerprint density at radius 2 is 1.24 bits per heavy atom. The first-order valence-electron chi connectivity index (χ1n) is 16.1. The van der Waals surface area contributed by atoms with Crippen molar-refractivity contribution in [3.8, 4) is 0 Å². The number of hydrogen-bond acceptors (Lipinski definition) is 6. The number of carbonyl (C=O) groups is 4. The predicted molar refractivity (Wildman–Crippen MR) is 162 cm³/mol. The van der Waals surface area contributed by atoms with Crippen molar-refractivity contribution in [2.75, 3.05) is 13.2 Å². The predicted octanol–water partition coefficient (Wildman–Crippen LogP) is 5.97. The molecule has 2 amide bonds. The van der Waals surface area contributed by atoms with Crippen LogP contribution in [-0.4, -0.2) is 59.3 Å². The summed E-state index contributed by atoms with van der Waals surface area (Å²) < 4.78 is 5.82. The van der Waals surface area contributed by atoms with Gasteiger partial charge in [-0.1, -0.05) is 77.4 Å². The number of esters is 1. The normalized spacial score (nSPS) is 12.7. The lowest BCUT2D eigenvalue weighted by Gasteiger charge is -2.18. The van der Waals surface area contributed by atoms with Gasteiger partial charge in [-0.05, 0) is 64.2 Å². The average Bonchev–Trinajstić information content (AvgIpc) is 2.94. The van der Waals surface area contributed by atoms with Crippen LogP contribution in [0, 0.1) is 0 Å². The van der Waals surface area contributed by atoms with Crippen LogP contribution in [0.4, 0.5) is 0 Å². The Morgan fingerprint density at radius 1 is 0.707 bits per heavy atom. The van der Waals surface area contributed by atoms with Gasteiger partial charge >= 0.3 is 11.9 Å². The van der Waals surface area contributed by atoms with Gasteiger partial charge in [0, 0.05) is 12.8 Å². The molecule has 238 valence electrons. The van der Waals surface area contributed by atoms with Crippen LogP contribution in [0.2, 0.25) is 0 Å². The number of amides is 2. The molecule has 0 radical (unpaired) electrons. The number of nitrogens with one attached hydrogen (secondary N) is 2. The maximum Gasteiger partial charge on any atom is 0.328 e. The largest absolute Gasteiger partial charge is 0.480 e. The summed E-state index contributed by atoms with van der Waals surface area (Å²) in [6.07, 6.45) is 24.2. The van der Waals surface area contributed by atoms with Crippen molar-refractivity contribution < 1.29 is 34.1 Å². The number of carboxylic acid groups (broad SMARTS) is 1. The minimum atomic E-state index is -1.39. The van der Waals surface area contributed by atoms with Crippen LogP contribution in [0.15, 0.2) is 12.2 Å². The zero-order chi connectivity index (χ0) is 30.6. The summed E-state index contributed by atoms with van der Waals surface area (Å²) >= 11 is 0. The number of carboxylic acids is 1. The minimum Gasteiger partial charge on any atom is -0.480 e. The van der Waals surface area contributed by atoms with E-state index in [9.17, 15) is 19.2 Å². The van der Waals surface area contributed by atoms with E-state index in [1.54, 1.807) is 0 Å². The molecule has 0 bridgehead atoms. The number of carbonyl (C=O) groups excluding carboxylic acids is 3. The van der Waals surface area contributed by atoms with E-state index in [4.69, 9.17) is 14.9 Å². The molecule has 0 saturated heterocycles. The fraction of sp³-hybridized carbons (Fsp3) is 0.812. The molecule has 0 rings (SSSR count). The third-order valence-electron chi connectivity index (χ3n) is 7.01. The quantitative estimate of drug-likeness (QED) is 0.0505. The van der Waals surface area contributed by atoms with E-state index in [1.807, 2.05) is 0 Å². The second-order valence-electron chi connectivity index (χ2n) is 10.9. The van der Waals surface area contributed by atoms with Crippen molar-refractivity contribution in [1.29, 1.82) is 0 Å². The van der Waals surface area contributed by atoms with Gasteiger partial charge in [-0.2, -0.15) is 0 Å². The number of aliphatic hydroxyl groups excluding tert-OH is 1. The minimum absolute atomic E-state index is 0.0793. The van der Waals surface area contributed by atoms with Crippen molar-refractivity contribution in [1.82, 2.24) is 10.6 Å². The van der Waals surface area contributed by atoms with Gasteiger partial charge in [-0.15, -0.1) is 0 Å². The highest BCUT2D eigenvalue weighted by molar-refractivity contribution is 5.87. The van der Waals surface area contributed by atoms with Gasteiger partial charge in [0.2, 0.25) is 11.8 Å². The van der Waals surface area contributed by atoms with Gasteiger partial charge in [0.05, 0.1) is 13.2 Å². The van der Waals surface area contributed by atoms with E-state index in [-0.39, 0.29) is 30.9 Å². The first-order valence-corrected chi connectivity index (χ1v) is 16.1. The monoisotopic (exact) mass is 582 g/mol. The van der Waals surface area contributed by atoms with Crippen LogP contribution in [0.1, 0.15) is 142 Å². The molecule has 0 spiro atoms. The summed E-state index contributed by atoms with van der Waals surface area (Å²) in [6.45, 7) is 3.32. The molecule has 0 saturated carbocycles. The molecule has 4 N–H and O–H groups in total. The Bertz CT molecular complexity index is 727. The highest BCUT2D eigenvalue weighted by Gasteiger charge is 2.19. The Balaban J connectivity index is 4.06. The highest BCUT2D eigenvalue weighted by atomic mass is 16.5. The topological polar surface area (TPSA) is 142 Å². The van der Waals surface area contributed by atoms with E-state index in [1.165, 1.54) is 38.5 Å². The van der Waals surface area contributed by atoms with Crippen LogP contribution < -0.4 is 10.6 Å². The molecule has 2 unspecified atom stereocenters. The maximum absolute atomic E-state index is 12.4. The third-order valence-corrected chi connectivity index (χ3v) is 7.01. The van der Waals surface area contributed by atoms with Crippen LogP contribution in [0.25, 0.3) is 0 Å². The fourth-order valence-corrected chi connectivity index (χ4v) is 4.47. The Hall–Kier alpha value is -2.42. The molecule has 0 heterocycles. The maximum atomic E-state index is 12.4. The van der Waals surface area contributed by atoms with Crippen LogP contribution >= 0.6 is 0 Å². The summed E-state index contributed by atoms with van der Waals surface area (Å²) in [6, 6.07) is -1.39. The second-order valence-corrected chi connectivity index (χ2v) is 10.9. The molecule has 9 nitrogen and oxygen atoms in total. The van der Waals surface area contributed by atoms with Gasteiger partial charge in [0.25, 0.3) is 0 Å². The van der Waals surface area contributed by atoms with E-state index in [2.05, 4.69) is 36.6 Å². The number of aliphatic hydroxyl groups is 1. The average molecular weight is 583 g/mol. The Kier molecular flexibility index (Phi) is 26.1. The first kappa shape index (κ1) is 38.6. The molecule has 0 aromatic rings. The van der Waals surface area contributed by atoms with Crippen LogP contribution in [0.5, 0.6) is 0 Å². The highest BCUT2D eigenvalue weighted by Crippen LogP contribution is 2.17. The molecule has 0 fully saturated rings. The van der Waals surface area contributed by atoms with Crippen molar-refractivity contribution in [3.63, 3.8) is 0 Å². The molecule has 0 aromatic heterocycles. The van der Waals surface area contributed by atoms with Gasteiger partial charge in [-0.25, -0.2) is 4.79 Å². The van der Waals surface area contributed by atoms with Gasteiger partial charge in [-0.3, -0.25) is 14.4 Å². The van der Waals surface area contributed by atoms with E-state index in [0.717, 1.165) is 70.6 Å². The Morgan fingerprint density at radius 3 is 1.88 bits per heavy atom. The van der Waals surface area contributed by atoms with E-state index in [0.29, 0.717) is 12.8 Å². The molecule has 0 aliphatic rings. The molecule has 2 atom stereocenters. The number of rotatable bonds is 28. The lowest BCUT2D eigenvalue weighted by atomic mass is 10.0. The Labute approximate surface area is 248 Å². The zero-order valence-electron chi connectivity index (χ0n) is 25.8. The number of hydrogen-bond donors (Lipinski definition) is 4. The number of unbranched alkanes of at least 4 members (excludes halogenated alkanes) is 12. The number of allylic oxidation sites excluding steroid dienone is 2. The van der Waals surface area contributed by atoms with Gasteiger partial charge in [0.15, 0.2) is 0 Å². The van der Waals surface area contributed by atoms with Crippen molar-refractivity contribution in [2.24, 2.45) is 0 Å². The van der Waals surface area contributed by atoms with Crippen molar-refractivity contribution in [3.05, 3.63) is 12.2 Å². The lowest BCUT2D eigenvalue weighted by molar-refractivity contribution is -0.150. The SMILES string of the molecule is CCCCC/C=C\CCCCCCCC(=O)OC(CCCCC)CCCCCC(=O)NCC(=O)NC(CO)C(=O)O. The smallest absolute Gasteiger partial charge is 0.328 e. The van der Waals surface area contributed by atoms with Gasteiger partial charge < -0.3 is 25.6 Å². The molecular weight excluding hydrogens is 524 g/mol. The zero-order valence-corrected chi connectivity index (χ0v) is 25.8. The van der Waals surface area contributed by atoms with Crippen molar-refractivity contribution in [2.45, 2.75) is 154 Å². The summed E-state index contributed by atoms with van der Waals surface area (Å²) in [4.78, 5) is 47.0. The summed E-state index contributed by atoms with van der Waals surface area (Å²) in [5, 5.41) is 22.4. The molecule has 41 heavy (non-hydrogen) atoms. The molecule has 0 aliphatic heterocycles. The van der Waals surface area contributed by atoms with Crippen molar-refractivity contribution >= 4 is 23.8 Å². The third kappa shape index (κ3) is 25.0. The van der Waals surface area contributed by atoms with Crippen LogP contribution in [0.3, 0.4) is 0 Å². The molecule has 9 heteroatoms. The number of ether oxygens (including phenoxy) is 1. The summed E-state index contributed by atoms with van der Waals surface area (Å²) in [5.41, 5.74) is 0. The fourth-order valence-electron chi connectivity index (χ4n) is 4.47. The molecule has 0 aliphatic carbocycles. The summed E-state index contributed by atoms with van der Waals surface area (Å²) in [7, 11) is 0. The van der Waals surface area contributed by atoms with E-state index < -0.39 is 24.5 Å².